The molecule has 0 bridgehead atoms. The molecular weight excluding hydrogens is 182 g/mol. The van der Waals surface area contributed by atoms with E-state index in [0.29, 0.717) is 13.2 Å². The summed E-state index contributed by atoms with van der Waals surface area (Å²) in [7, 11) is 0. The van der Waals surface area contributed by atoms with E-state index in [-0.39, 0.29) is 6.79 Å². The Bertz CT molecular complexity index is 173. The first-order valence-electron chi connectivity index (χ1n) is 4.82. The van der Waals surface area contributed by atoms with Crippen LogP contribution in [0.2, 0.25) is 0 Å². The molecule has 1 aliphatic rings. The summed E-state index contributed by atoms with van der Waals surface area (Å²) in [6.07, 6.45) is 5.01. The van der Waals surface area contributed by atoms with E-state index < -0.39 is 0 Å². The lowest BCUT2D eigenvalue weighted by molar-refractivity contribution is -0.0539. The predicted molar refractivity (Wildman–Crippen MR) is 52.9 cm³/mol. The molecule has 0 aromatic rings. The van der Waals surface area contributed by atoms with Gasteiger partial charge in [0.05, 0.1) is 19.8 Å². The molecule has 80 valence electrons. The summed E-state index contributed by atoms with van der Waals surface area (Å²) in [6.45, 7) is 5.86. The molecule has 1 rings (SSSR count). The monoisotopic (exact) mass is 199 g/mol. The quantitative estimate of drug-likeness (QED) is 0.341. The highest BCUT2D eigenvalue weighted by Gasteiger charge is 2.08. The second-order valence-electron chi connectivity index (χ2n) is 3.03. The molecule has 4 heteroatoms. The maximum Gasteiger partial charge on any atom is 0.148 e. The zero-order chi connectivity index (χ0) is 10.1. The molecular formula is C10H17NO3. The maximum absolute atomic E-state index is 5.24. The Morgan fingerprint density at radius 3 is 2.79 bits per heavy atom. The van der Waals surface area contributed by atoms with Crippen molar-refractivity contribution in [1.29, 1.82) is 0 Å². The van der Waals surface area contributed by atoms with Crippen molar-refractivity contribution in [2.45, 2.75) is 0 Å². The number of morpholine rings is 1. The third-order valence-corrected chi connectivity index (χ3v) is 2.01. The number of rotatable bonds is 6. The van der Waals surface area contributed by atoms with Crippen molar-refractivity contribution >= 4 is 0 Å². The van der Waals surface area contributed by atoms with Crippen LogP contribution in [0.25, 0.3) is 0 Å². The summed E-state index contributed by atoms with van der Waals surface area (Å²) >= 11 is 0. The van der Waals surface area contributed by atoms with E-state index in [2.05, 4.69) is 10.8 Å². The molecule has 14 heavy (non-hydrogen) atoms. The van der Waals surface area contributed by atoms with E-state index >= 15 is 0 Å². The number of hydrogen-bond acceptors (Lipinski definition) is 4. The van der Waals surface area contributed by atoms with Crippen LogP contribution in [0.4, 0.5) is 0 Å². The van der Waals surface area contributed by atoms with Crippen LogP contribution >= 0.6 is 0 Å². The third-order valence-electron chi connectivity index (χ3n) is 2.01. The second-order valence-corrected chi connectivity index (χ2v) is 3.03. The Hall–Kier alpha value is -0.600. The van der Waals surface area contributed by atoms with Gasteiger partial charge in [-0.3, -0.25) is 4.90 Å². The molecule has 0 aromatic carbocycles. The highest BCUT2D eigenvalue weighted by atomic mass is 16.7. The van der Waals surface area contributed by atoms with Crippen LogP contribution in [0.5, 0.6) is 0 Å². The van der Waals surface area contributed by atoms with Crippen molar-refractivity contribution in [3.63, 3.8) is 0 Å². The number of ether oxygens (including phenoxy) is 3. The lowest BCUT2D eigenvalue weighted by Crippen LogP contribution is -2.38. The standard InChI is InChI=1S/C10H17NO3/c1-2-6-13-10-14-9-5-11-3-7-12-8-4-11/h1H,3-10H2. The minimum Gasteiger partial charge on any atom is -0.379 e. The van der Waals surface area contributed by atoms with Gasteiger partial charge in [-0.2, -0.15) is 0 Å². The van der Waals surface area contributed by atoms with Crippen molar-refractivity contribution in [2.24, 2.45) is 0 Å². The van der Waals surface area contributed by atoms with Gasteiger partial charge in [-0.1, -0.05) is 5.92 Å². The van der Waals surface area contributed by atoms with E-state index in [0.717, 1.165) is 32.8 Å². The zero-order valence-corrected chi connectivity index (χ0v) is 8.41. The number of hydrogen-bond donors (Lipinski definition) is 0. The highest BCUT2D eigenvalue weighted by molar-refractivity contribution is 4.82. The van der Waals surface area contributed by atoms with E-state index in [4.69, 9.17) is 20.6 Å². The van der Waals surface area contributed by atoms with Crippen LogP contribution in [0, 0.1) is 12.3 Å². The molecule has 0 saturated carbocycles. The molecule has 0 aromatic heterocycles. The summed E-state index contributed by atoms with van der Waals surface area (Å²) in [5.74, 6) is 2.38. The van der Waals surface area contributed by atoms with Crippen molar-refractivity contribution < 1.29 is 14.2 Å². The van der Waals surface area contributed by atoms with Crippen LogP contribution in [-0.4, -0.2) is 57.8 Å². The van der Waals surface area contributed by atoms with Gasteiger partial charge in [-0.05, 0) is 0 Å². The summed E-state index contributed by atoms with van der Waals surface area (Å²) < 4.78 is 15.4. The molecule has 4 nitrogen and oxygen atoms in total. The topological polar surface area (TPSA) is 30.9 Å². The smallest absolute Gasteiger partial charge is 0.148 e. The Balaban J connectivity index is 1.85. The number of nitrogens with zero attached hydrogens (tertiary/aromatic N) is 1. The van der Waals surface area contributed by atoms with Gasteiger partial charge in [0.2, 0.25) is 0 Å². The molecule has 0 atom stereocenters. The average molecular weight is 199 g/mol. The lowest BCUT2D eigenvalue weighted by atomic mass is 10.4. The first-order chi connectivity index (χ1) is 6.93. The van der Waals surface area contributed by atoms with E-state index in [1.807, 2.05) is 0 Å². The Kier molecular flexibility index (Phi) is 6.37. The van der Waals surface area contributed by atoms with E-state index in [1.165, 1.54) is 0 Å². The van der Waals surface area contributed by atoms with E-state index in [1.54, 1.807) is 0 Å². The highest BCUT2D eigenvalue weighted by Crippen LogP contribution is 1.95. The molecule has 1 heterocycles. The molecule has 1 aliphatic heterocycles. The van der Waals surface area contributed by atoms with Gasteiger partial charge < -0.3 is 14.2 Å². The normalized spacial score (nSPS) is 17.9. The fourth-order valence-corrected chi connectivity index (χ4v) is 1.24. The summed E-state index contributed by atoms with van der Waals surface area (Å²) in [4.78, 5) is 2.31. The van der Waals surface area contributed by atoms with Crippen LogP contribution in [0.3, 0.4) is 0 Å². The lowest BCUT2D eigenvalue weighted by Gasteiger charge is -2.26. The summed E-state index contributed by atoms with van der Waals surface area (Å²) in [5.41, 5.74) is 0. The molecule has 1 fully saturated rings. The van der Waals surface area contributed by atoms with Crippen molar-refractivity contribution in [3.05, 3.63) is 0 Å². The molecule has 0 aliphatic carbocycles. The first kappa shape index (κ1) is 11.5. The molecule has 0 unspecified atom stereocenters. The first-order valence-corrected chi connectivity index (χ1v) is 4.82. The molecule has 0 radical (unpaired) electrons. The third kappa shape index (κ3) is 5.20. The summed E-state index contributed by atoms with van der Waals surface area (Å²) in [5, 5.41) is 0. The maximum atomic E-state index is 5.24. The van der Waals surface area contributed by atoms with Crippen LogP contribution in [-0.2, 0) is 14.2 Å². The van der Waals surface area contributed by atoms with Gasteiger partial charge in [0.15, 0.2) is 0 Å². The SMILES string of the molecule is C#CCOCOCCN1CCOCC1. The minimum atomic E-state index is 0.286. The fourth-order valence-electron chi connectivity index (χ4n) is 1.24. The van der Waals surface area contributed by atoms with Gasteiger partial charge in [0, 0.05) is 19.6 Å². The zero-order valence-electron chi connectivity index (χ0n) is 8.41. The van der Waals surface area contributed by atoms with Gasteiger partial charge in [-0.25, -0.2) is 0 Å². The summed E-state index contributed by atoms with van der Waals surface area (Å²) in [6, 6.07) is 0. The van der Waals surface area contributed by atoms with Gasteiger partial charge >= 0.3 is 0 Å². The molecule has 0 N–H and O–H groups in total. The van der Waals surface area contributed by atoms with Crippen LogP contribution in [0.1, 0.15) is 0 Å². The minimum absolute atomic E-state index is 0.286. The van der Waals surface area contributed by atoms with Gasteiger partial charge in [-0.15, -0.1) is 6.42 Å². The molecule has 0 spiro atoms. The Morgan fingerprint density at radius 1 is 1.29 bits per heavy atom. The van der Waals surface area contributed by atoms with Crippen molar-refractivity contribution in [2.75, 3.05) is 52.9 Å². The van der Waals surface area contributed by atoms with Crippen molar-refractivity contribution in [1.82, 2.24) is 4.90 Å². The van der Waals surface area contributed by atoms with E-state index in [9.17, 15) is 0 Å². The Morgan fingerprint density at radius 2 is 2.07 bits per heavy atom. The largest absolute Gasteiger partial charge is 0.379 e. The number of terminal acetylenes is 1. The van der Waals surface area contributed by atoms with Gasteiger partial charge in [0.25, 0.3) is 0 Å². The molecule has 0 amide bonds. The van der Waals surface area contributed by atoms with Crippen LogP contribution in [0.15, 0.2) is 0 Å². The van der Waals surface area contributed by atoms with Crippen LogP contribution < -0.4 is 0 Å². The van der Waals surface area contributed by atoms with Crippen molar-refractivity contribution in [3.8, 4) is 12.3 Å². The fraction of sp³-hybridized carbons (Fsp3) is 0.800. The molecule has 1 saturated heterocycles. The average Bonchev–Trinajstić information content (AvgIpc) is 2.25. The van der Waals surface area contributed by atoms with Gasteiger partial charge in [0.1, 0.15) is 13.4 Å². The second kappa shape index (κ2) is 7.77. The predicted octanol–water partition coefficient (Wildman–Crippen LogP) is -0.0575. The Labute approximate surface area is 85.1 Å².